The molecule has 2 amide bonds. The number of hydrogen-bond acceptors (Lipinski definition) is 2. The average Bonchev–Trinajstić information content (AvgIpc) is 3.25. The first-order valence-electron chi connectivity index (χ1n) is 7.34. The van der Waals surface area contributed by atoms with E-state index < -0.39 is 5.97 Å². The molecule has 0 bridgehead atoms. The van der Waals surface area contributed by atoms with Gasteiger partial charge in [0.2, 0.25) is 0 Å². The van der Waals surface area contributed by atoms with Crippen LogP contribution in [0.2, 0.25) is 0 Å². The third kappa shape index (κ3) is 4.21. The van der Waals surface area contributed by atoms with E-state index in [4.69, 9.17) is 5.11 Å². The zero-order chi connectivity index (χ0) is 15.4. The second-order valence-electron chi connectivity index (χ2n) is 5.66. The van der Waals surface area contributed by atoms with Crippen LogP contribution < -0.4 is 10.2 Å². The van der Waals surface area contributed by atoms with Gasteiger partial charge < -0.3 is 10.4 Å². The highest BCUT2D eigenvalue weighted by Crippen LogP contribution is 2.32. The zero-order valence-electron chi connectivity index (χ0n) is 12.5. The van der Waals surface area contributed by atoms with Crippen LogP contribution in [-0.4, -0.2) is 29.7 Å². The van der Waals surface area contributed by atoms with E-state index in [0.29, 0.717) is 5.92 Å². The maximum atomic E-state index is 12.5. The molecular formula is C16H22N2O3. The number of urea groups is 1. The highest BCUT2D eigenvalue weighted by atomic mass is 16.4. The number of carbonyl (C=O) groups excluding carboxylic acids is 1. The van der Waals surface area contributed by atoms with Crippen LogP contribution in [0.5, 0.6) is 0 Å². The molecular weight excluding hydrogens is 268 g/mol. The minimum absolute atomic E-state index is 0.0699. The van der Waals surface area contributed by atoms with Crippen LogP contribution in [0.25, 0.3) is 0 Å². The molecule has 0 saturated heterocycles. The molecule has 21 heavy (non-hydrogen) atoms. The van der Waals surface area contributed by atoms with Crippen molar-refractivity contribution in [3.63, 3.8) is 0 Å². The summed E-state index contributed by atoms with van der Waals surface area (Å²) in [5.74, 6) is -0.344. The number of benzene rings is 1. The predicted molar refractivity (Wildman–Crippen MR) is 81.5 cm³/mol. The first-order chi connectivity index (χ1) is 9.99. The zero-order valence-corrected chi connectivity index (χ0v) is 12.5. The minimum Gasteiger partial charge on any atom is -0.481 e. The molecule has 114 valence electrons. The van der Waals surface area contributed by atoms with Crippen molar-refractivity contribution in [1.29, 1.82) is 0 Å². The van der Waals surface area contributed by atoms with E-state index >= 15 is 0 Å². The largest absolute Gasteiger partial charge is 0.481 e. The first-order valence-corrected chi connectivity index (χ1v) is 7.34. The third-order valence-corrected chi connectivity index (χ3v) is 3.88. The molecule has 1 aliphatic carbocycles. The van der Waals surface area contributed by atoms with Crippen molar-refractivity contribution in [3.8, 4) is 0 Å². The quantitative estimate of drug-likeness (QED) is 0.846. The van der Waals surface area contributed by atoms with Gasteiger partial charge in [0.05, 0.1) is 6.42 Å². The summed E-state index contributed by atoms with van der Waals surface area (Å²) in [6.07, 6.45) is 2.24. The number of aryl methyl sites for hydroxylation is 1. The lowest BCUT2D eigenvalue weighted by Crippen LogP contribution is -2.45. The lowest BCUT2D eigenvalue weighted by molar-refractivity contribution is -0.136. The standard InChI is InChI=1S/C16H22N2O3/c1-11-5-3-4-6-14(11)18(10-9-15(19)20)16(21)17-12(2)13-7-8-13/h3-6,12-13H,7-10H2,1-2H3,(H,17,21)(H,19,20). The molecule has 2 N–H and O–H groups in total. The molecule has 5 nitrogen and oxygen atoms in total. The molecule has 1 atom stereocenters. The Labute approximate surface area is 125 Å². The molecule has 0 radical (unpaired) electrons. The van der Waals surface area contributed by atoms with Gasteiger partial charge in [0.1, 0.15) is 0 Å². The summed E-state index contributed by atoms with van der Waals surface area (Å²) in [7, 11) is 0. The van der Waals surface area contributed by atoms with E-state index in [2.05, 4.69) is 5.32 Å². The molecule has 0 spiro atoms. The number of hydrogen-bond donors (Lipinski definition) is 2. The van der Waals surface area contributed by atoms with E-state index in [1.165, 1.54) is 4.90 Å². The number of amides is 2. The molecule has 0 aromatic heterocycles. The number of carboxylic acids is 1. The Hall–Kier alpha value is -2.04. The minimum atomic E-state index is -0.906. The van der Waals surface area contributed by atoms with Crippen molar-refractivity contribution in [2.24, 2.45) is 5.92 Å². The number of para-hydroxylation sites is 1. The van der Waals surface area contributed by atoms with Gasteiger partial charge in [0.25, 0.3) is 0 Å². The Balaban J connectivity index is 2.12. The summed E-state index contributed by atoms with van der Waals surface area (Å²) in [6.45, 7) is 4.09. The molecule has 1 fully saturated rings. The highest BCUT2D eigenvalue weighted by Gasteiger charge is 2.30. The Kier molecular flexibility index (Phi) is 4.83. The molecule has 1 aromatic rings. The molecule has 0 aliphatic heterocycles. The van der Waals surface area contributed by atoms with Gasteiger partial charge >= 0.3 is 12.0 Å². The maximum Gasteiger partial charge on any atom is 0.322 e. The summed E-state index contributed by atoms with van der Waals surface area (Å²) in [4.78, 5) is 24.8. The second-order valence-corrected chi connectivity index (χ2v) is 5.66. The van der Waals surface area contributed by atoms with Gasteiger partial charge in [0.15, 0.2) is 0 Å². The monoisotopic (exact) mass is 290 g/mol. The molecule has 5 heteroatoms. The van der Waals surface area contributed by atoms with E-state index in [1.807, 2.05) is 38.1 Å². The lowest BCUT2D eigenvalue weighted by atomic mass is 10.1. The van der Waals surface area contributed by atoms with Gasteiger partial charge in [-0.2, -0.15) is 0 Å². The smallest absolute Gasteiger partial charge is 0.322 e. The van der Waals surface area contributed by atoms with Crippen molar-refractivity contribution < 1.29 is 14.7 Å². The number of carbonyl (C=O) groups is 2. The number of anilines is 1. The fourth-order valence-corrected chi connectivity index (χ4v) is 2.39. The van der Waals surface area contributed by atoms with E-state index in [9.17, 15) is 9.59 Å². The van der Waals surface area contributed by atoms with Crippen molar-refractivity contribution >= 4 is 17.7 Å². The molecule has 1 unspecified atom stereocenters. The van der Waals surface area contributed by atoms with Crippen LogP contribution in [0.1, 0.15) is 31.7 Å². The van der Waals surface area contributed by atoms with Crippen LogP contribution in [-0.2, 0) is 4.79 Å². The van der Waals surface area contributed by atoms with Crippen molar-refractivity contribution in [2.45, 2.75) is 39.2 Å². The van der Waals surface area contributed by atoms with E-state index in [-0.39, 0.29) is 25.0 Å². The Morgan fingerprint density at radius 1 is 1.38 bits per heavy atom. The predicted octanol–water partition coefficient (Wildman–Crippen LogP) is 2.78. The van der Waals surface area contributed by atoms with Gasteiger partial charge in [-0.3, -0.25) is 9.69 Å². The Bertz CT molecular complexity index is 526. The molecule has 2 rings (SSSR count). The van der Waals surface area contributed by atoms with Gasteiger partial charge in [0, 0.05) is 18.3 Å². The van der Waals surface area contributed by atoms with Crippen molar-refractivity contribution in [3.05, 3.63) is 29.8 Å². The fourth-order valence-electron chi connectivity index (χ4n) is 2.39. The summed E-state index contributed by atoms with van der Waals surface area (Å²) < 4.78 is 0. The van der Waals surface area contributed by atoms with Crippen LogP contribution >= 0.6 is 0 Å². The van der Waals surface area contributed by atoms with Crippen molar-refractivity contribution in [1.82, 2.24) is 5.32 Å². The third-order valence-electron chi connectivity index (χ3n) is 3.88. The number of nitrogens with one attached hydrogen (secondary N) is 1. The van der Waals surface area contributed by atoms with Gasteiger partial charge in [-0.25, -0.2) is 4.79 Å². The first kappa shape index (κ1) is 15.4. The van der Waals surface area contributed by atoms with E-state index in [1.54, 1.807) is 0 Å². The average molecular weight is 290 g/mol. The molecule has 1 aliphatic rings. The number of aliphatic carboxylic acids is 1. The Morgan fingerprint density at radius 2 is 2.05 bits per heavy atom. The van der Waals surface area contributed by atoms with Gasteiger partial charge in [-0.1, -0.05) is 18.2 Å². The topological polar surface area (TPSA) is 69.6 Å². The van der Waals surface area contributed by atoms with Gasteiger partial charge in [-0.15, -0.1) is 0 Å². The Morgan fingerprint density at radius 3 is 2.62 bits per heavy atom. The second kappa shape index (κ2) is 6.61. The summed E-state index contributed by atoms with van der Waals surface area (Å²) in [5.41, 5.74) is 1.72. The van der Waals surface area contributed by atoms with Crippen LogP contribution in [0, 0.1) is 12.8 Å². The highest BCUT2D eigenvalue weighted by molar-refractivity contribution is 5.93. The normalized spacial score (nSPS) is 15.3. The summed E-state index contributed by atoms with van der Waals surface area (Å²) >= 11 is 0. The summed E-state index contributed by atoms with van der Waals surface area (Å²) in [5, 5.41) is 11.9. The molecule has 1 saturated carbocycles. The van der Waals surface area contributed by atoms with Gasteiger partial charge in [-0.05, 0) is 44.2 Å². The maximum absolute atomic E-state index is 12.5. The van der Waals surface area contributed by atoms with Crippen LogP contribution in [0.4, 0.5) is 10.5 Å². The van der Waals surface area contributed by atoms with Crippen LogP contribution in [0.15, 0.2) is 24.3 Å². The van der Waals surface area contributed by atoms with Crippen LogP contribution in [0.3, 0.4) is 0 Å². The SMILES string of the molecule is Cc1ccccc1N(CCC(=O)O)C(=O)NC(C)C1CC1. The fraction of sp³-hybridized carbons (Fsp3) is 0.500. The van der Waals surface area contributed by atoms with Crippen molar-refractivity contribution in [2.75, 3.05) is 11.4 Å². The summed E-state index contributed by atoms with van der Waals surface area (Å²) in [6, 6.07) is 7.44. The van der Waals surface area contributed by atoms with E-state index in [0.717, 1.165) is 24.1 Å². The molecule has 1 aromatic carbocycles. The number of nitrogens with zero attached hydrogens (tertiary/aromatic N) is 1. The number of rotatable bonds is 6. The molecule has 0 heterocycles. The number of carboxylic acid groups (broad SMARTS) is 1. The lowest BCUT2D eigenvalue weighted by Gasteiger charge is -2.26.